The smallest absolute Gasteiger partial charge is 0.251 e. The zero-order valence-corrected chi connectivity index (χ0v) is 16.3. The number of carbonyl (C=O) groups excluding carboxylic acids is 3. The average molecular weight is 382 g/mol. The van der Waals surface area contributed by atoms with E-state index >= 15 is 0 Å². The largest absolute Gasteiger partial charge is 0.376 e. The number of nitrogens with one attached hydrogen (secondary N) is 4. The molecule has 28 heavy (non-hydrogen) atoms. The Balaban J connectivity index is 1.88. The van der Waals surface area contributed by atoms with Crippen molar-refractivity contribution in [2.75, 3.05) is 22.5 Å². The molecule has 7 heteroatoms. The van der Waals surface area contributed by atoms with Gasteiger partial charge in [0.2, 0.25) is 11.8 Å². The molecule has 2 aromatic rings. The first-order chi connectivity index (χ1) is 13.4. The molecule has 0 fully saturated rings. The molecule has 1 unspecified atom stereocenters. The van der Waals surface area contributed by atoms with Crippen molar-refractivity contribution in [1.82, 2.24) is 5.32 Å². The van der Waals surface area contributed by atoms with E-state index in [2.05, 4.69) is 21.3 Å². The zero-order chi connectivity index (χ0) is 20.5. The van der Waals surface area contributed by atoms with Crippen LogP contribution in [-0.2, 0) is 9.59 Å². The van der Waals surface area contributed by atoms with E-state index < -0.39 is 0 Å². The van der Waals surface area contributed by atoms with Gasteiger partial charge in [0.25, 0.3) is 5.91 Å². The second-order valence-electron chi connectivity index (χ2n) is 6.52. The molecule has 2 rings (SSSR count). The summed E-state index contributed by atoms with van der Waals surface area (Å²) in [6.07, 6.45) is 0.857. The number of hydrogen-bond acceptors (Lipinski definition) is 4. The third-order valence-corrected chi connectivity index (χ3v) is 4.06. The Hall–Kier alpha value is -3.35. The van der Waals surface area contributed by atoms with Crippen molar-refractivity contribution in [3.05, 3.63) is 54.1 Å². The topological polar surface area (TPSA) is 99.3 Å². The van der Waals surface area contributed by atoms with Gasteiger partial charge < -0.3 is 21.3 Å². The predicted molar refractivity (Wildman–Crippen MR) is 112 cm³/mol. The molecule has 0 heterocycles. The van der Waals surface area contributed by atoms with Crippen molar-refractivity contribution in [1.29, 1.82) is 0 Å². The van der Waals surface area contributed by atoms with Crippen LogP contribution in [0.4, 0.5) is 17.1 Å². The maximum Gasteiger partial charge on any atom is 0.251 e. The van der Waals surface area contributed by atoms with E-state index in [0.29, 0.717) is 22.6 Å². The van der Waals surface area contributed by atoms with Gasteiger partial charge in [-0.15, -0.1) is 0 Å². The Bertz CT molecular complexity index is 834. The van der Waals surface area contributed by atoms with Gasteiger partial charge in [-0.2, -0.15) is 0 Å². The molecule has 4 N–H and O–H groups in total. The van der Waals surface area contributed by atoms with Crippen LogP contribution in [0.2, 0.25) is 0 Å². The minimum atomic E-state index is -0.221. The van der Waals surface area contributed by atoms with Crippen LogP contribution in [-0.4, -0.2) is 30.3 Å². The fourth-order valence-corrected chi connectivity index (χ4v) is 2.41. The molecule has 148 valence electrons. The quantitative estimate of drug-likeness (QED) is 0.563. The summed E-state index contributed by atoms with van der Waals surface area (Å²) in [5.41, 5.74) is 2.52. The Morgan fingerprint density at radius 2 is 1.57 bits per heavy atom. The van der Waals surface area contributed by atoms with Gasteiger partial charge in [-0.05, 0) is 55.8 Å². The van der Waals surface area contributed by atoms with Crippen LogP contribution >= 0.6 is 0 Å². The lowest BCUT2D eigenvalue weighted by molar-refractivity contribution is -0.115. The average Bonchev–Trinajstić information content (AvgIpc) is 2.67. The highest BCUT2D eigenvalue weighted by Crippen LogP contribution is 2.14. The summed E-state index contributed by atoms with van der Waals surface area (Å²) in [5, 5.41) is 11.4. The van der Waals surface area contributed by atoms with Crippen LogP contribution in [0.5, 0.6) is 0 Å². The van der Waals surface area contributed by atoms with Crippen LogP contribution in [0.25, 0.3) is 0 Å². The number of rotatable bonds is 8. The van der Waals surface area contributed by atoms with E-state index in [1.807, 2.05) is 13.8 Å². The number of carbonyl (C=O) groups is 3. The molecule has 7 nitrogen and oxygen atoms in total. The van der Waals surface area contributed by atoms with Crippen LogP contribution < -0.4 is 21.3 Å². The van der Waals surface area contributed by atoms with Crippen molar-refractivity contribution in [3.63, 3.8) is 0 Å². The first-order valence-electron chi connectivity index (χ1n) is 9.19. The first kappa shape index (κ1) is 21.0. The highest BCUT2D eigenvalue weighted by Gasteiger charge is 2.09. The zero-order valence-electron chi connectivity index (χ0n) is 16.3. The summed E-state index contributed by atoms with van der Waals surface area (Å²) in [6, 6.07) is 14.0. The van der Waals surface area contributed by atoms with E-state index in [-0.39, 0.29) is 30.3 Å². The van der Waals surface area contributed by atoms with Crippen LogP contribution in [0.3, 0.4) is 0 Å². The fourth-order valence-electron chi connectivity index (χ4n) is 2.41. The maximum absolute atomic E-state index is 12.2. The predicted octanol–water partition coefficient (Wildman–Crippen LogP) is 3.22. The van der Waals surface area contributed by atoms with Gasteiger partial charge in [-0.25, -0.2) is 0 Å². The summed E-state index contributed by atoms with van der Waals surface area (Å²) >= 11 is 0. The second-order valence-corrected chi connectivity index (χ2v) is 6.52. The highest BCUT2D eigenvalue weighted by atomic mass is 16.2. The molecule has 0 aliphatic carbocycles. The first-order valence-corrected chi connectivity index (χ1v) is 9.19. The molecule has 0 radical (unpaired) electrons. The number of benzene rings is 2. The van der Waals surface area contributed by atoms with Gasteiger partial charge in [0.15, 0.2) is 0 Å². The van der Waals surface area contributed by atoms with E-state index in [1.165, 1.54) is 6.92 Å². The molecule has 0 aromatic heterocycles. The van der Waals surface area contributed by atoms with Gasteiger partial charge in [0.05, 0.1) is 6.54 Å². The summed E-state index contributed by atoms with van der Waals surface area (Å²) < 4.78 is 0. The number of hydrogen-bond donors (Lipinski definition) is 4. The summed E-state index contributed by atoms with van der Waals surface area (Å²) in [4.78, 5) is 35.3. The minimum absolute atomic E-state index is 0.0594. The lowest BCUT2D eigenvalue weighted by Crippen LogP contribution is -2.31. The molecule has 0 bridgehead atoms. The molecule has 2 aromatic carbocycles. The lowest BCUT2D eigenvalue weighted by Gasteiger charge is -2.13. The standard InChI is InChI=1S/C21H26N4O3/c1-4-14(2)23-21(28)16-6-5-7-19(12-16)22-13-20(27)25-18-10-8-17(9-11-18)24-15(3)26/h5-12,14,22H,4,13H2,1-3H3,(H,23,28)(H,24,26)(H,25,27). The van der Waals surface area contributed by atoms with E-state index in [9.17, 15) is 14.4 Å². The number of anilines is 3. The number of amides is 3. The molecular weight excluding hydrogens is 356 g/mol. The van der Waals surface area contributed by atoms with Gasteiger partial charge in [0, 0.05) is 35.6 Å². The molecule has 0 spiro atoms. The Kier molecular flexibility index (Phi) is 7.56. The molecule has 1 atom stereocenters. The Labute approximate surface area is 164 Å². The molecule has 0 aliphatic rings. The fraction of sp³-hybridized carbons (Fsp3) is 0.286. The van der Waals surface area contributed by atoms with E-state index in [0.717, 1.165) is 6.42 Å². The van der Waals surface area contributed by atoms with Crippen molar-refractivity contribution in [3.8, 4) is 0 Å². The summed E-state index contributed by atoms with van der Waals surface area (Å²) in [7, 11) is 0. The van der Waals surface area contributed by atoms with E-state index in [4.69, 9.17) is 0 Å². The molecule has 0 aliphatic heterocycles. The van der Waals surface area contributed by atoms with Gasteiger partial charge >= 0.3 is 0 Å². The van der Waals surface area contributed by atoms with Crippen molar-refractivity contribution in [2.24, 2.45) is 0 Å². The van der Waals surface area contributed by atoms with Gasteiger partial charge in [0.1, 0.15) is 0 Å². The highest BCUT2D eigenvalue weighted by molar-refractivity contribution is 5.96. The lowest BCUT2D eigenvalue weighted by atomic mass is 10.1. The summed E-state index contributed by atoms with van der Waals surface area (Å²) in [5.74, 6) is -0.510. The third kappa shape index (κ3) is 6.75. The monoisotopic (exact) mass is 382 g/mol. The maximum atomic E-state index is 12.2. The second kappa shape index (κ2) is 10.1. The molecule has 0 saturated carbocycles. The van der Waals surface area contributed by atoms with Gasteiger partial charge in [-0.1, -0.05) is 13.0 Å². The SMILES string of the molecule is CCC(C)NC(=O)c1cccc(NCC(=O)Nc2ccc(NC(C)=O)cc2)c1. The van der Waals surface area contributed by atoms with Gasteiger partial charge in [-0.3, -0.25) is 14.4 Å². The van der Waals surface area contributed by atoms with Crippen molar-refractivity contribution >= 4 is 34.8 Å². The molecule has 0 saturated heterocycles. The molecule has 3 amide bonds. The van der Waals surface area contributed by atoms with Crippen molar-refractivity contribution < 1.29 is 14.4 Å². The molecular formula is C21H26N4O3. The van der Waals surface area contributed by atoms with E-state index in [1.54, 1.807) is 48.5 Å². The summed E-state index contributed by atoms with van der Waals surface area (Å²) in [6.45, 7) is 5.45. The third-order valence-electron chi connectivity index (χ3n) is 4.06. The normalized spacial score (nSPS) is 11.2. The van der Waals surface area contributed by atoms with Crippen molar-refractivity contribution in [2.45, 2.75) is 33.2 Å². The Morgan fingerprint density at radius 1 is 0.929 bits per heavy atom. The van der Waals surface area contributed by atoms with Crippen LogP contribution in [0.1, 0.15) is 37.6 Å². The minimum Gasteiger partial charge on any atom is -0.376 e. The van der Waals surface area contributed by atoms with Crippen LogP contribution in [0.15, 0.2) is 48.5 Å². The Morgan fingerprint density at radius 3 is 2.18 bits per heavy atom. The van der Waals surface area contributed by atoms with Crippen LogP contribution in [0, 0.1) is 0 Å².